The Kier molecular flexibility index (Phi) is 6.06. The van der Waals surface area contributed by atoms with Crippen molar-refractivity contribution in [2.24, 2.45) is 0 Å². The molecule has 152 valence electrons. The van der Waals surface area contributed by atoms with Gasteiger partial charge in [-0.2, -0.15) is 0 Å². The van der Waals surface area contributed by atoms with Crippen molar-refractivity contribution in [2.75, 3.05) is 13.2 Å². The van der Waals surface area contributed by atoms with Crippen LogP contribution >= 0.6 is 0 Å². The smallest absolute Gasteiger partial charge is 0.295 e. The third-order valence-electron chi connectivity index (χ3n) is 5.14. The predicted octanol–water partition coefficient (Wildman–Crippen LogP) is 4.53. The number of carbonyl (C=O) groups excluding carboxylic acids is 2. The van der Waals surface area contributed by atoms with Gasteiger partial charge in [-0.25, -0.2) is 0 Å². The summed E-state index contributed by atoms with van der Waals surface area (Å²) < 4.78 is 5.60. The first-order valence-electron chi connectivity index (χ1n) is 9.97. The molecule has 1 aliphatic rings. The summed E-state index contributed by atoms with van der Waals surface area (Å²) in [4.78, 5) is 27.3. The highest BCUT2D eigenvalue weighted by atomic mass is 16.5. The van der Waals surface area contributed by atoms with Gasteiger partial charge in [0.05, 0.1) is 18.2 Å². The lowest BCUT2D eigenvalue weighted by Gasteiger charge is -2.25. The molecule has 0 aliphatic carbocycles. The molecule has 0 spiro atoms. The Labute approximate surface area is 171 Å². The van der Waals surface area contributed by atoms with Crippen molar-refractivity contribution >= 4 is 17.4 Å². The summed E-state index contributed by atoms with van der Waals surface area (Å²) in [5, 5.41) is 11.2. The molecule has 0 radical (unpaired) electrons. The highest BCUT2D eigenvalue weighted by molar-refractivity contribution is 6.46. The summed E-state index contributed by atoms with van der Waals surface area (Å²) in [5.41, 5.74) is 3.26. The zero-order chi connectivity index (χ0) is 21.1. The number of ketones is 1. The van der Waals surface area contributed by atoms with Crippen LogP contribution in [-0.2, 0) is 9.59 Å². The molecule has 5 nitrogen and oxygen atoms in total. The second kappa shape index (κ2) is 8.52. The number of aliphatic hydroxyl groups excluding tert-OH is 1. The van der Waals surface area contributed by atoms with Gasteiger partial charge in [-0.1, -0.05) is 36.8 Å². The van der Waals surface area contributed by atoms with Gasteiger partial charge in [0, 0.05) is 12.1 Å². The molecule has 1 fully saturated rings. The van der Waals surface area contributed by atoms with Crippen LogP contribution in [-0.4, -0.2) is 34.8 Å². The van der Waals surface area contributed by atoms with Crippen LogP contribution in [0.3, 0.4) is 0 Å². The summed E-state index contributed by atoms with van der Waals surface area (Å²) >= 11 is 0. The van der Waals surface area contributed by atoms with E-state index in [1.807, 2.05) is 70.2 Å². The van der Waals surface area contributed by atoms with E-state index in [2.05, 4.69) is 0 Å². The molecular formula is C24H27NO4. The molecule has 1 unspecified atom stereocenters. The summed E-state index contributed by atoms with van der Waals surface area (Å²) in [5.74, 6) is -0.692. The molecule has 1 aliphatic heterocycles. The minimum atomic E-state index is -0.649. The molecule has 0 aromatic heterocycles. The van der Waals surface area contributed by atoms with E-state index in [-0.39, 0.29) is 11.3 Å². The molecule has 3 rings (SSSR count). The van der Waals surface area contributed by atoms with E-state index in [0.29, 0.717) is 30.9 Å². The third kappa shape index (κ3) is 3.90. The number of amides is 1. The van der Waals surface area contributed by atoms with E-state index in [1.165, 1.54) is 0 Å². The number of carbonyl (C=O) groups is 2. The van der Waals surface area contributed by atoms with Crippen LogP contribution in [0.4, 0.5) is 0 Å². The molecule has 0 saturated carbocycles. The second-order valence-electron chi connectivity index (χ2n) is 7.32. The number of aliphatic hydroxyl groups is 1. The SMILES string of the molecule is CCCN1C(=O)C(=O)/C(=C(/O)c2cc(C)ccc2C)C1c1cccc(OCC)c1. The van der Waals surface area contributed by atoms with Gasteiger partial charge in [0.1, 0.15) is 11.5 Å². The van der Waals surface area contributed by atoms with Crippen molar-refractivity contribution in [2.45, 2.75) is 40.2 Å². The Morgan fingerprint density at radius 1 is 1.10 bits per heavy atom. The van der Waals surface area contributed by atoms with Gasteiger partial charge in [0.15, 0.2) is 0 Å². The maximum atomic E-state index is 13.0. The van der Waals surface area contributed by atoms with Crippen LogP contribution in [0.5, 0.6) is 5.75 Å². The highest BCUT2D eigenvalue weighted by Gasteiger charge is 2.45. The summed E-state index contributed by atoms with van der Waals surface area (Å²) in [6, 6.07) is 12.4. The monoisotopic (exact) mass is 393 g/mol. The fourth-order valence-electron chi connectivity index (χ4n) is 3.78. The fourth-order valence-corrected chi connectivity index (χ4v) is 3.78. The minimum absolute atomic E-state index is 0.130. The second-order valence-corrected chi connectivity index (χ2v) is 7.32. The molecule has 1 amide bonds. The number of ether oxygens (including phenoxy) is 1. The van der Waals surface area contributed by atoms with Crippen molar-refractivity contribution < 1.29 is 19.4 Å². The molecule has 0 bridgehead atoms. The number of hydrogen-bond acceptors (Lipinski definition) is 4. The van der Waals surface area contributed by atoms with Crippen LogP contribution in [0.2, 0.25) is 0 Å². The van der Waals surface area contributed by atoms with E-state index in [9.17, 15) is 14.7 Å². The Hall–Kier alpha value is -3.08. The van der Waals surface area contributed by atoms with Gasteiger partial charge in [0.2, 0.25) is 0 Å². The standard InChI is InChI=1S/C24H27NO4/c1-5-12-25-21(17-8-7-9-18(14-17)29-6-2)20(23(27)24(25)28)22(26)19-13-15(3)10-11-16(19)4/h7-11,13-14,21,26H,5-6,12H2,1-4H3/b22-20+. The van der Waals surface area contributed by atoms with Crippen molar-refractivity contribution in [3.05, 3.63) is 70.3 Å². The molecular weight excluding hydrogens is 366 g/mol. The molecule has 2 aromatic carbocycles. The molecule has 5 heteroatoms. The first kappa shape index (κ1) is 20.6. The normalized spacial score (nSPS) is 18.3. The maximum Gasteiger partial charge on any atom is 0.295 e. The Bertz CT molecular complexity index is 977. The molecule has 2 aromatic rings. The van der Waals surface area contributed by atoms with E-state index >= 15 is 0 Å². The topological polar surface area (TPSA) is 66.8 Å². The van der Waals surface area contributed by atoms with Crippen molar-refractivity contribution in [3.8, 4) is 5.75 Å². The summed E-state index contributed by atoms with van der Waals surface area (Å²) in [6.07, 6.45) is 0.707. The van der Waals surface area contributed by atoms with E-state index in [1.54, 1.807) is 4.90 Å². The minimum Gasteiger partial charge on any atom is -0.507 e. The van der Waals surface area contributed by atoms with Crippen molar-refractivity contribution in [1.29, 1.82) is 0 Å². The number of aryl methyl sites for hydroxylation is 2. The molecule has 1 atom stereocenters. The Morgan fingerprint density at radius 2 is 1.86 bits per heavy atom. The summed E-state index contributed by atoms with van der Waals surface area (Å²) in [7, 11) is 0. The quantitative estimate of drug-likeness (QED) is 0.445. The zero-order valence-corrected chi connectivity index (χ0v) is 17.4. The number of nitrogens with zero attached hydrogens (tertiary/aromatic N) is 1. The van der Waals surface area contributed by atoms with Crippen LogP contribution < -0.4 is 4.74 Å². The highest BCUT2D eigenvalue weighted by Crippen LogP contribution is 2.40. The van der Waals surface area contributed by atoms with Gasteiger partial charge >= 0.3 is 0 Å². The van der Waals surface area contributed by atoms with E-state index in [0.717, 1.165) is 16.7 Å². The van der Waals surface area contributed by atoms with Gasteiger partial charge < -0.3 is 14.7 Å². The molecule has 1 heterocycles. The molecule has 1 N–H and O–H groups in total. The Balaban J connectivity index is 2.22. The van der Waals surface area contributed by atoms with Gasteiger partial charge in [0.25, 0.3) is 11.7 Å². The van der Waals surface area contributed by atoms with E-state index < -0.39 is 17.7 Å². The average Bonchev–Trinajstić information content (AvgIpc) is 2.95. The first-order chi connectivity index (χ1) is 13.9. The number of rotatable bonds is 6. The number of benzene rings is 2. The van der Waals surface area contributed by atoms with Gasteiger partial charge in [-0.15, -0.1) is 0 Å². The summed E-state index contributed by atoms with van der Waals surface area (Å²) in [6.45, 7) is 8.60. The predicted molar refractivity (Wildman–Crippen MR) is 113 cm³/mol. The fraction of sp³-hybridized carbons (Fsp3) is 0.333. The lowest BCUT2D eigenvalue weighted by Crippen LogP contribution is -2.30. The first-order valence-corrected chi connectivity index (χ1v) is 9.97. The molecule has 29 heavy (non-hydrogen) atoms. The van der Waals surface area contributed by atoms with Crippen LogP contribution in [0.15, 0.2) is 48.0 Å². The number of likely N-dealkylation sites (tertiary alicyclic amines) is 1. The number of Topliss-reactive ketones (excluding diaryl/α,β-unsaturated/α-hetero) is 1. The van der Waals surface area contributed by atoms with Crippen LogP contribution in [0.25, 0.3) is 5.76 Å². The average molecular weight is 393 g/mol. The third-order valence-corrected chi connectivity index (χ3v) is 5.14. The van der Waals surface area contributed by atoms with Gasteiger partial charge in [-0.3, -0.25) is 9.59 Å². The van der Waals surface area contributed by atoms with Crippen molar-refractivity contribution in [3.63, 3.8) is 0 Å². The lowest BCUT2D eigenvalue weighted by molar-refractivity contribution is -0.139. The zero-order valence-electron chi connectivity index (χ0n) is 17.4. The Morgan fingerprint density at radius 3 is 2.55 bits per heavy atom. The lowest BCUT2D eigenvalue weighted by atomic mass is 9.93. The number of hydrogen-bond donors (Lipinski definition) is 1. The van der Waals surface area contributed by atoms with E-state index in [4.69, 9.17) is 4.74 Å². The van der Waals surface area contributed by atoms with Gasteiger partial charge in [-0.05, 0) is 56.5 Å². The van der Waals surface area contributed by atoms with Crippen LogP contribution in [0, 0.1) is 13.8 Å². The van der Waals surface area contributed by atoms with Crippen LogP contribution in [0.1, 0.15) is 48.6 Å². The largest absolute Gasteiger partial charge is 0.507 e. The van der Waals surface area contributed by atoms with Crippen molar-refractivity contribution in [1.82, 2.24) is 4.90 Å². The molecule has 1 saturated heterocycles. The maximum absolute atomic E-state index is 13.0.